The van der Waals surface area contributed by atoms with Crippen LogP contribution in [-0.4, -0.2) is 18.9 Å². The third-order valence-corrected chi connectivity index (χ3v) is 7.61. The summed E-state index contributed by atoms with van der Waals surface area (Å²) in [5, 5.41) is 14.2. The van der Waals surface area contributed by atoms with Gasteiger partial charge in [0.1, 0.15) is 11.0 Å². The van der Waals surface area contributed by atoms with Gasteiger partial charge in [0, 0.05) is 51.9 Å². The highest BCUT2D eigenvalue weighted by Gasteiger charge is 2.22. The number of carbonyl (C=O) groups excluding carboxylic acids is 1. The SMILES string of the molecule is CC(=O)Nc1ccc(S(=O)(=O)/C(C#N)=C/c2cn(Cc3ccc(Cl)cc3Cl)c3ccccc23)cc1. The first-order chi connectivity index (χ1) is 16.7. The third-order valence-electron chi connectivity index (χ3n) is 5.35. The van der Waals surface area contributed by atoms with Crippen LogP contribution in [0.1, 0.15) is 18.1 Å². The number of nitrogens with one attached hydrogen (secondary N) is 1. The molecule has 0 aliphatic heterocycles. The zero-order chi connectivity index (χ0) is 25.2. The van der Waals surface area contributed by atoms with E-state index in [-0.39, 0.29) is 10.8 Å². The van der Waals surface area contributed by atoms with Gasteiger partial charge in [-0.1, -0.05) is 47.5 Å². The van der Waals surface area contributed by atoms with Crippen molar-refractivity contribution in [3.8, 4) is 6.07 Å². The number of hydrogen-bond donors (Lipinski definition) is 1. The van der Waals surface area contributed by atoms with E-state index in [9.17, 15) is 18.5 Å². The molecule has 1 amide bonds. The van der Waals surface area contributed by atoms with E-state index >= 15 is 0 Å². The number of anilines is 1. The molecule has 0 radical (unpaired) electrons. The van der Waals surface area contributed by atoms with Crippen LogP contribution in [0.25, 0.3) is 17.0 Å². The molecule has 176 valence electrons. The summed E-state index contributed by atoms with van der Waals surface area (Å²) in [6.07, 6.45) is 3.17. The summed E-state index contributed by atoms with van der Waals surface area (Å²) >= 11 is 12.4. The number of hydrogen-bond acceptors (Lipinski definition) is 4. The maximum absolute atomic E-state index is 13.2. The van der Waals surface area contributed by atoms with Crippen molar-refractivity contribution in [2.75, 3.05) is 5.32 Å². The molecule has 6 nitrogen and oxygen atoms in total. The first kappa shape index (κ1) is 24.6. The number of amides is 1. The third kappa shape index (κ3) is 5.25. The second-order valence-corrected chi connectivity index (χ2v) is 10.6. The van der Waals surface area contributed by atoms with E-state index in [1.54, 1.807) is 18.3 Å². The molecule has 9 heteroatoms. The van der Waals surface area contributed by atoms with Crippen molar-refractivity contribution in [1.29, 1.82) is 5.26 Å². The molecule has 0 fully saturated rings. The molecule has 35 heavy (non-hydrogen) atoms. The minimum atomic E-state index is -4.08. The first-order valence-corrected chi connectivity index (χ1v) is 12.7. The highest BCUT2D eigenvalue weighted by Crippen LogP contribution is 2.29. The summed E-state index contributed by atoms with van der Waals surface area (Å²) in [5.41, 5.74) is 2.75. The van der Waals surface area contributed by atoms with Gasteiger partial charge in [0.15, 0.2) is 0 Å². The van der Waals surface area contributed by atoms with E-state index in [2.05, 4.69) is 5.32 Å². The van der Waals surface area contributed by atoms with Crippen molar-refractivity contribution in [1.82, 2.24) is 4.57 Å². The Morgan fingerprint density at radius 2 is 1.80 bits per heavy atom. The molecule has 0 atom stereocenters. The number of allylic oxidation sites excluding steroid dienone is 1. The highest BCUT2D eigenvalue weighted by atomic mass is 35.5. The monoisotopic (exact) mass is 523 g/mol. The van der Waals surface area contributed by atoms with Crippen LogP contribution >= 0.6 is 23.2 Å². The molecule has 0 aliphatic carbocycles. The lowest BCUT2D eigenvalue weighted by atomic mass is 10.1. The molecule has 0 saturated heterocycles. The maximum atomic E-state index is 13.2. The number of sulfone groups is 1. The second-order valence-electron chi connectivity index (χ2n) is 7.79. The van der Waals surface area contributed by atoms with Crippen LogP contribution in [0.4, 0.5) is 5.69 Å². The van der Waals surface area contributed by atoms with E-state index in [1.807, 2.05) is 41.0 Å². The topological polar surface area (TPSA) is 92.0 Å². The number of fused-ring (bicyclic) bond motifs is 1. The summed E-state index contributed by atoms with van der Waals surface area (Å²) in [7, 11) is -4.08. The van der Waals surface area contributed by atoms with Gasteiger partial charge >= 0.3 is 0 Å². The van der Waals surface area contributed by atoms with Crippen LogP contribution in [-0.2, 0) is 21.2 Å². The quantitative estimate of drug-likeness (QED) is 0.300. The number of rotatable bonds is 6. The fourth-order valence-corrected chi connectivity index (χ4v) is 5.33. The molecule has 4 aromatic rings. The summed E-state index contributed by atoms with van der Waals surface area (Å²) in [6, 6.07) is 20.3. The molecule has 1 heterocycles. The minimum absolute atomic E-state index is 0.0453. The average molecular weight is 524 g/mol. The lowest BCUT2D eigenvalue weighted by Gasteiger charge is -2.08. The second kappa shape index (κ2) is 9.96. The van der Waals surface area contributed by atoms with Gasteiger partial charge < -0.3 is 9.88 Å². The van der Waals surface area contributed by atoms with E-state index in [1.165, 1.54) is 37.3 Å². The molecule has 0 saturated carbocycles. The Labute approximate surface area is 212 Å². The molecular formula is C26H19Cl2N3O3S. The van der Waals surface area contributed by atoms with E-state index < -0.39 is 14.7 Å². The van der Waals surface area contributed by atoms with Crippen LogP contribution in [0.3, 0.4) is 0 Å². The Morgan fingerprint density at radius 3 is 2.46 bits per heavy atom. The van der Waals surface area contributed by atoms with Crippen LogP contribution in [0.2, 0.25) is 10.0 Å². The van der Waals surface area contributed by atoms with Gasteiger partial charge in [-0.3, -0.25) is 4.79 Å². The number of para-hydroxylation sites is 1. The molecule has 0 unspecified atom stereocenters. The Kier molecular flexibility index (Phi) is 6.99. The number of aromatic nitrogens is 1. The molecule has 1 N–H and O–H groups in total. The summed E-state index contributed by atoms with van der Waals surface area (Å²) < 4.78 is 28.3. The van der Waals surface area contributed by atoms with Gasteiger partial charge in [0.05, 0.1) is 4.90 Å². The van der Waals surface area contributed by atoms with E-state index in [4.69, 9.17) is 23.2 Å². The number of benzene rings is 3. The normalized spacial score (nSPS) is 11.9. The van der Waals surface area contributed by atoms with Crippen molar-refractivity contribution in [3.05, 3.63) is 99.0 Å². The van der Waals surface area contributed by atoms with E-state index in [0.29, 0.717) is 27.8 Å². The summed E-state index contributed by atoms with van der Waals surface area (Å²) in [5.74, 6) is -0.269. The molecular weight excluding hydrogens is 505 g/mol. The van der Waals surface area contributed by atoms with Gasteiger partial charge in [-0.25, -0.2) is 8.42 Å². The van der Waals surface area contributed by atoms with Crippen molar-refractivity contribution in [2.45, 2.75) is 18.4 Å². The summed E-state index contributed by atoms with van der Waals surface area (Å²) in [4.78, 5) is 10.8. The first-order valence-electron chi connectivity index (χ1n) is 10.5. The van der Waals surface area contributed by atoms with Crippen molar-refractivity contribution >= 4 is 61.6 Å². The van der Waals surface area contributed by atoms with Crippen LogP contribution in [0, 0.1) is 11.3 Å². The fourth-order valence-electron chi connectivity index (χ4n) is 3.71. The minimum Gasteiger partial charge on any atom is -0.342 e. The van der Waals surface area contributed by atoms with Crippen LogP contribution < -0.4 is 5.32 Å². The number of halogens is 2. The average Bonchev–Trinajstić information content (AvgIpc) is 3.16. The van der Waals surface area contributed by atoms with E-state index in [0.717, 1.165) is 16.5 Å². The Balaban J connectivity index is 1.75. The lowest BCUT2D eigenvalue weighted by Crippen LogP contribution is -2.07. The molecule has 3 aromatic carbocycles. The van der Waals surface area contributed by atoms with Gasteiger partial charge in [0.2, 0.25) is 15.7 Å². The predicted octanol–water partition coefficient (Wildman–Crippen LogP) is 6.29. The molecule has 0 spiro atoms. The van der Waals surface area contributed by atoms with Gasteiger partial charge in [-0.2, -0.15) is 5.26 Å². The smallest absolute Gasteiger partial charge is 0.221 e. The van der Waals surface area contributed by atoms with Crippen molar-refractivity contribution in [3.63, 3.8) is 0 Å². The van der Waals surface area contributed by atoms with Crippen molar-refractivity contribution in [2.24, 2.45) is 0 Å². The number of nitrogens with zero attached hydrogens (tertiary/aromatic N) is 2. The maximum Gasteiger partial charge on any atom is 0.221 e. The van der Waals surface area contributed by atoms with Crippen LogP contribution in [0.15, 0.2) is 82.7 Å². The van der Waals surface area contributed by atoms with Gasteiger partial charge in [0.25, 0.3) is 0 Å². The van der Waals surface area contributed by atoms with Gasteiger partial charge in [-0.15, -0.1) is 0 Å². The Bertz CT molecular complexity index is 1620. The number of nitriles is 1. The zero-order valence-electron chi connectivity index (χ0n) is 18.5. The zero-order valence-corrected chi connectivity index (χ0v) is 20.8. The lowest BCUT2D eigenvalue weighted by molar-refractivity contribution is -0.114. The molecule has 1 aromatic heterocycles. The van der Waals surface area contributed by atoms with Crippen molar-refractivity contribution < 1.29 is 13.2 Å². The fraction of sp³-hybridized carbons (Fsp3) is 0.0769. The Hall–Kier alpha value is -3.57. The highest BCUT2D eigenvalue weighted by molar-refractivity contribution is 7.95. The Morgan fingerprint density at radius 1 is 1.09 bits per heavy atom. The predicted molar refractivity (Wildman–Crippen MR) is 139 cm³/mol. The number of carbonyl (C=O) groups is 1. The van der Waals surface area contributed by atoms with Crippen LogP contribution in [0.5, 0.6) is 0 Å². The largest absolute Gasteiger partial charge is 0.342 e. The molecule has 0 aliphatic rings. The molecule has 0 bridgehead atoms. The standard InChI is InChI=1S/C26H19Cl2N3O3S/c1-17(32)30-21-8-10-22(11-9-21)35(33,34)23(14-29)12-19-16-31(26-5-3-2-4-24(19)26)15-18-6-7-20(27)13-25(18)28/h2-13,16H,15H2,1H3,(H,30,32)/b23-12+. The van der Waals surface area contributed by atoms with Gasteiger partial charge in [-0.05, 0) is 54.1 Å². The molecule has 4 rings (SSSR count). The summed E-state index contributed by atoms with van der Waals surface area (Å²) in [6.45, 7) is 1.79.